The molecule has 1 aliphatic carbocycles. The third-order valence-electron chi connectivity index (χ3n) is 8.39. The van der Waals surface area contributed by atoms with E-state index in [0.717, 1.165) is 70.6 Å². The molecule has 0 heterocycles. The van der Waals surface area contributed by atoms with Crippen LogP contribution in [0.2, 0.25) is 0 Å². The summed E-state index contributed by atoms with van der Waals surface area (Å²) in [5, 5.41) is 49.9. The minimum absolute atomic E-state index is 0.0433. The number of phosphoric acid groups is 1. The molecule has 0 bridgehead atoms. The topological polar surface area (TPSA) is 210 Å². The fourth-order valence-corrected chi connectivity index (χ4v) is 6.25. The summed E-state index contributed by atoms with van der Waals surface area (Å²) >= 11 is 0. The van der Waals surface area contributed by atoms with E-state index in [4.69, 9.17) is 18.5 Å². The highest BCUT2D eigenvalue weighted by molar-refractivity contribution is 7.47. The molecule has 0 aliphatic heterocycles. The molecule has 0 radical (unpaired) electrons. The van der Waals surface area contributed by atoms with Crippen LogP contribution < -0.4 is 0 Å². The van der Waals surface area contributed by atoms with Gasteiger partial charge in [0.15, 0.2) is 6.10 Å². The monoisotopic (exact) mass is 784 g/mol. The number of allylic oxidation sites excluding steroid dienone is 12. The highest BCUT2D eigenvalue weighted by Crippen LogP contribution is 2.47. The van der Waals surface area contributed by atoms with Gasteiger partial charge in [-0.15, -0.1) is 0 Å². The molecule has 1 aliphatic rings. The zero-order valence-electron chi connectivity index (χ0n) is 32.0. The number of carbonyl (C=O) groups excluding carboxylic acids is 2. The molecule has 13 nitrogen and oxygen atoms in total. The van der Waals surface area contributed by atoms with Crippen molar-refractivity contribution in [3.63, 3.8) is 0 Å². The first kappa shape index (κ1) is 49.3. The number of unbranched alkanes of at least 4 members (excludes halogenated alkanes) is 8. The zero-order chi connectivity index (χ0) is 40.0. The highest BCUT2D eigenvalue weighted by Gasteiger charge is 2.51. The molecule has 7 unspecified atom stereocenters. The van der Waals surface area contributed by atoms with E-state index >= 15 is 0 Å². The van der Waals surface area contributed by atoms with Crippen LogP contribution in [0.25, 0.3) is 0 Å². The molecule has 1 fully saturated rings. The van der Waals surface area contributed by atoms with Crippen molar-refractivity contribution in [2.24, 2.45) is 0 Å². The second kappa shape index (κ2) is 30.5. The van der Waals surface area contributed by atoms with Gasteiger partial charge in [-0.2, -0.15) is 0 Å². The van der Waals surface area contributed by atoms with Gasteiger partial charge in [-0.25, -0.2) is 4.57 Å². The summed E-state index contributed by atoms with van der Waals surface area (Å²) < 4.78 is 33.3. The predicted molar refractivity (Wildman–Crippen MR) is 207 cm³/mol. The third kappa shape index (κ3) is 23.3. The van der Waals surface area contributed by atoms with E-state index in [2.05, 4.69) is 44.2 Å². The molecule has 308 valence electrons. The van der Waals surface area contributed by atoms with Crippen LogP contribution in [0, 0.1) is 0 Å². The van der Waals surface area contributed by atoms with E-state index in [1.165, 1.54) is 0 Å². The number of aliphatic hydroxyl groups excluding tert-OH is 5. The van der Waals surface area contributed by atoms with Crippen LogP contribution in [0.15, 0.2) is 72.9 Å². The Bertz CT molecular complexity index is 1230. The Balaban J connectivity index is 2.60. The summed E-state index contributed by atoms with van der Waals surface area (Å²) in [6.07, 6.45) is 22.7. The summed E-state index contributed by atoms with van der Waals surface area (Å²) in [4.78, 5) is 35.4. The van der Waals surface area contributed by atoms with E-state index < -0.39 is 75.7 Å². The molecule has 8 atom stereocenters. The van der Waals surface area contributed by atoms with Crippen molar-refractivity contribution in [3.05, 3.63) is 72.9 Å². The number of aliphatic hydroxyl groups is 5. The smallest absolute Gasteiger partial charge is 0.462 e. The van der Waals surface area contributed by atoms with Crippen LogP contribution in [-0.2, 0) is 32.7 Å². The van der Waals surface area contributed by atoms with E-state index in [9.17, 15) is 44.6 Å². The van der Waals surface area contributed by atoms with Gasteiger partial charge in [-0.1, -0.05) is 112 Å². The van der Waals surface area contributed by atoms with Crippen LogP contribution in [0.1, 0.15) is 110 Å². The van der Waals surface area contributed by atoms with Gasteiger partial charge in [0.2, 0.25) is 0 Å². The number of hydrogen-bond acceptors (Lipinski definition) is 12. The van der Waals surface area contributed by atoms with Crippen molar-refractivity contribution in [1.82, 2.24) is 0 Å². The van der Waals surface area contributed by atoms with Crippen molar-refractivity contribution in [1.29, 1.82) is 0 Å². The van der Waals surface area contributed by atoms with Gasteiger partial charge in [0.25, 0.3) is 0 Å². The minimum Gasteiger partial charge on any atom is -0.462 e. The summed E-state index contributed by atoms with van der Waals surface area (Å²) in [7, 11) is -5.13. The number of ether oxygens (including phenoxy) is 2. The molecule has 0 aromatic rings. The minimum atomic E-state index is -5.13. The molecule has 54 heavy (non-hydrogen) atoms. The maximum absolute atomic E-state index is 12.7. The van der Waals surface area contributed by atoms with Crippen LogP contribution in [-0.4, -0.2) is 98.3 Å². The summed E-state index contributed by atoms with van der Waals surface area (Å²) in [6, 6.07) is 0. The lowest BCUT2D eigenvalue weighted by molar-refractivity contribution is -0.220. The summed E-state index contributed by atoms with van der Waals surface area (Å²) in [6.45, 7) is 2.95. The Morgan fingerprint density at radius 1 is 0.593 bits per heavy atom. The molecule has 14 heteroatoms. The summed E-state index contributed by atoms with van der Waals surface area (Å²) in [5.74, 6) is -1.17. The van der Waals surface area contributed by atoms with Gasteiger partial charge < -0.3 is 39.9 Å². The normalized spacial score (nSPS) is 24.1. The van der Waals surface area contributed by atoms with Crippen LogP contribution in [0.5, 0.6) is 0 Å². The van der Waals surface area contributed by atoms with E-state index in [-0.39, 0.29) is 12.8 Å². The van der Waals surface area contributed by atoms with Gasteiger partial charge in [-0.3, -0.25) is 18.6 Å². The Hall–Kier alpha value is -2.71. The van der Waals surface area contributed by atoms with E-state index in [0.29, 0.717) is 12.8 Å². The van der Waals surface area contributed by atoms with Gasteiger partial charge in [-0.05, 0) is 57.8 Å². The Morgan fingerprint density at radius 2 is 1.09 bits per heavy atom. The Morgan fingerprint density at radius 3 is 1.74 bits per heavy atom. The molecule has 0 aromatic heterocycles. The second-order valence-electron chi connectivity index (χ2n) is 13.1. The fourth-order valence-electron chi connectivity index (χ4n) is 5.27. The molecule has 0 amide bonds. The standard InChI is InChI=1S/C40H65O13P/c1-3-5-7-9-11-13-15-17-19-21-23-25-27-29-34(42)52-32(30-50-33(41)28-26-24-22-20-18-16-14-12-10-8-6-4-2)31-51-54(48,49)53-40-38(46)36(44)35(43)37(45)39(40)47/h5-9,11-15,17,19,32,35-40,43-47H,3-4,10,16,18,20-31H2,1-2H3,(H,48,49)/b7-5+,8-6+,11-9+,14-12+,15-13+,19-17+/t32?,35?,36-,37?,38?,39?,40?/m1/s1. The highest BCUT2D eigenvalue weighted by atomic mass is 31.2. The number of hydrogen-bond donors (Lipinski definition) is 6. The van der Waals surface area contributed by atoms with Gasteiger partial charge in [0.05, 0.1) is 6.61 Å². The predicted octanol–water partition coefficient (Wildman–Crippen LogP) is 5.99. The van der Waals surface area contributed by atoms with Gasteiger partial charge in [0.1, 0.15) is 43.2 Å². The van der Waals surface area contributed by atoms with Crippen LogP contribution >= 0.6 is 7.82 Å². The molecular formula is C40H65O13P. The van der Waals surface area contributed by atoms with Crippen molar-refractivity contribution in [2.45, 2.75) is 153 Å². The van der Waals surface area contributed by atoms with Gasteiger partial charge in [0, 0.05) is 12.8 Å². The van der Waals surface area contributed by atoms with Gasteiger partial charge >= 0.3 is 19.8 Å². The molecule has 1 saturated carbocycles. The first-order valence-electron chi connectivity index (χ1n) is 19.3. The Labute approximate surface area is 321 Å². The zero-order valence-corrected chi connectivity index (χ0v) is 32.9. The van der Waals surface area contributed by atoms with E-state index in [1.807, 2.05) is 42.5 Å². The lowest BCUT2D eigenvalue weighted by Crippen LogP contribution is -2.64. The average molecular weight is 785 g/mol. The molecule has 6 N–H and O–H groups in total. The van der Waals surface area contributed by atoms with E-state index in [1.54, 1.807) is 0 Å². The van der Waals surface area contributed by atoms with Crippen molar-refractivity contribution < 1.29 is 63.1 Å². The van der Waals surface area contributed by atoms with Crippen LogP contribution in [0.3, 0.4) is 0 Å². The first-order chi connectivity index (χ1) is 25.9. The van der Waals surface area contributed by atoms with Crippen LogP contribution in [0.4, 0.5) is 0 Å². The molecule has 0 spiro atoms. The van der Waals surface area contributed by atoms with Crippen molar-refractivity contribution >= 4 is 19.8 Å². The van der Waals surface area contributed by atoms with Crippen molar-refractivity contribution in [2.75, 3.05) is 13.2 Å². The van der Waals surface area contributed by atoms with Crippen molar-refractivity contribution in [3.8, 4) is 0 Å². The summed E-state index contributed by atoms with van der Waals surface area (Å²) in [5.41, 5.74) is 0. The lowest BCUT2D eigenvalue weighted by atomic mass is 9.85. The third-order valence-corrected chi connectivity index (χ3v) is 9.37. The molecule has 0 saturated heterocycles. The SMILES string of the molecule is CC/C=C/C=C/C=C/C=C/CCCCCC(=O)OC(COC(=O)CCCCCCC/C=C/C/C=C/CC)COP(=O)(O)OC1C(O)C(O)C(O)[C@@H](O)C1O. The fraction of sp³-hybridized carbons (Fsp3) is 0.650. The molecule has 0 aromatic carbocycles. The maximum atomic E-state index is 12.7. The molecule has 1 rings (SSSR count). The largest absolute Gasteiger partial charge is 0.472 e. The number of rotatable bonds is 29. The quantitative estimate of drug-likeness (QED) is 0.0170. The maximum Gasteiger partial charge on any atom is 0.472 e. The number of esters is 2. The Kier molecular flexibility index (Phi) is 27.9. The second-order valence-corrected chi connectivity index (χ2v) is 14.5. The lowest BCUT2D eigenvalue weighted by Gasteiger charge is -2.41. The number of carbonyl (C=O) groups is 2. The first-order valence-corrected chi connectivity index (χ1v) is 20.8. The molecular weight excluding hydrogens is 719 g/mol. The average Bonchev–Trinajstić information content (AvgIpc) is 3.15. The number of phosphoric ester groups is 1.